The molecule has 0 saturated carbocycles. The summed E-state index contributed by atoms with van der Waals surface area (Å²) < 4.78 is 0. The fourth-order valence-electron chi connectivity index (χ4n) is 1.30. The number of nitrogens with two attached hydrogens (primary N) is 1. The zero-order chi connectivity index (χ0) is 9.61. The monoisotopic (exact) mass is 173 g/mol. The number of hydrogen-bond donors (Lipinski definition) is 2. The fraction of sp³-hybridized carbons (Fsp3) is 0.889. The summed E-state index contributed by atoms with van der Waals surface area (Å²) in [5.41, 5.74) is 4.32. The van der Waals surface area contributed by atoms with Crippen LogP contribution in [0.5, 0.6) is 0 Å². The zero-order valence-corrected chi connectivity index (χ0v) is 7.97. The Labute approximate surface area is 74.0 Å². The van der Waals surface area contributed by atoms with Gasteiger partial charge >= 0.3 is 0 Å². The summed E-state index contributed by atoms with van der Waals surface area (Å²) >= 11 is 0. The predicted octanol–water partition coefficient (Wildman–Crippen LogP) is 1.19. The van der Waals surface area contributed by atoms with Crippen LogP contribution in [0.15, 0.2) is 0 Å². The van der Waals surface area contributed by atoms with Crippen molar-refractivity contribution < 1.29 is 9.90 Å². The Balaban J connectivity index is 3.86. The van der Waals surface area contributed by atoms with Crippen LogP contribution in [0.2, 0.25) is 0 Å². The summed E-state index contributed by atoms with van der Waals surface area (Å²) in [6, 6.07) is 0. The summed E-state index contributed by atoms with van der Waals surface area (Å²) in [7, 11) is 0. The smallest absolute Gasteiger partial charge is 0.217 e. The molecule has 1 atom stereocenters. The molecule has 1 unspecified atom stereocenters. The SMILES string of the molecule is CCCC(O)(CC)CCC(N)=O. The Kier molecular flexibility index (Phi) is 4.90. The van der Waals surface area contributed by atoms with Gasteiger partial charge in [-0.05, 0) is 19.3 Å². The molecule has 0 saturated heterocycles. The quantitative estimate of drug-likeness (QED) is 0.633. The lowest BCUT2D eigenvalue weighted by molar-refractivity contribution is -0.119. The van der Waals surface area contributed by atoms with Crippen LogP contribution in [0.3, 0.4) is 0 Å². The van der Waals surface area contributed by atoms with Crippen LogP contribution >= 0.6 is 0 Å². The average Bonchev–Trinajstić information content (AvgIpc) is 2.02. The fourth-order valence-corrected chi connectivity index (χ4v) is 1.30. The van der Waals surface area contributed by atoms with Crippen LogP contribution in [-0.2, 0) is 4.79 Å². The van der Waals surface area contributed by atoms with Gasteiger partial charge in [0.2, 0.25) is 5.91 Å². The maximum atomic E-state index is 10.5. The number of rotatable bonds is 6. The zero-order valence-electron chi connectivity index (χ0n) is 7.97. The van der Waals surface area contributed by atoms with Crippen molar-refractivity contribution >= 4 is 5.91 Å². The van der Waals surface area contributed by atoms with E-state index in [0.717, 1.165) is 12.8 Å². The number of carbonyl (C=O) groups excluding carboxylic acids is 1. The number of hydrogen-bond acceptors (Lipinski definition) is 2. The first-order chi connectivity index (χ1) is 5.54. The second kappa shape index (κ2) is 5.14. The highest BCUT2D eigenvalue weighted by atomic mass is 16.3. The molecule has 0 rings (SSSR count). The molecule has 3 nitrogen and oxygen atoms in total. The lowest BCUT2D eigenvalue weighted by Gasteiger charge is -2.25. The molecule has 0 aromatic heterocycles. The summed E-state index contributed by atoms with van der Waals surface area (Å²) in [5, 5.41) is 9.86. The van der Waals surface area contributed by atoms with Crippen molar-refractivity contribution in [3.8, 4) is 0 Å². The third-order valence-electron chi connectivity index (χ3n) is 2.21. The highest BCUT2D eigenvalue weighted by Crippen LogP contribution is 2.22. The maximum Gasteiger partial charge on any atom is 0.217 e. The van der Waals surface area contributed by atoms with Crippen LogP contribution in [0.1, 0.15) is 46.0 Å². The summed E-state index contributed by atoms with van der Waals surface area (Å²) in [5.74, 6) is -0.335. The molecule has 3 heteroatoms. The first kappa shape index (κ1) is 11.4. The van der Waals surface area contributed by atoms with E-state index in [2.05, 4.69) is 0 Å². The van der Waals surface area contributed by atoms with E-state index in [4.69, 9.17) is 5.73 Å². The molecule has 0 aliphatic heterocycles. The highest BCUT2D eigenvalue weighted by Gasteiger charge is 2.23. The number of primary amides is 1. The van der Waals surface area contributed by atoms with Crippen molar-refractivity contribution in [1.29, 1.82) is 0 Å². The lowest BCUT2D eigenvalue weighted by atomic mass is 9.90. The first-order valence-electron chi connectivity index (χ1n) is 4.54. The topological polar surface area (TPSA) is 63.3 Å². The minimum atomic E-state index is -0.677. The maximum absolute atomic E-state index is 10.5. The summed E-state index contributed by atoms with van der Waals surface area (Å²) in [4.78, 5) is 10.5. The molecule has 0 heterocycles. The van der Waals surface area contributed by atoms with Crippen LogP contribution < -0.4 is 5.73 Å². The molecule has 0 aliphatic rings. The van der Waals surface area contributed by atoms with Crippen LogP contribution in [0, 0.1) is 0 Å². The van der Waals surface area contributed by atoms with Crippen molar-refractivity contribution in [3.63, 3.8) is 0 Å². The number of aliphatic hydroxyl groups is 1. The van der Waals surface area contributed by atoms with Gasteiger partial charge in [-0.1, -0.05) is 20.3 Å². The van der Waals surface area contributed by atoms with Crippen molar-refractivity contribution in [3.05, 3.63) is 0 Å². The van der Waals surface area contributed by atoms with E-state index in [1.165, 1.54) is 0 Å². The van der Waals surface area contributed by atoms with E-state index in [1.807, 2.05) is 13.8 Å². The largest absolute Gasteiger partial charge is 0.390 e. The van der Waals surface area contributed by atoms with Gasteiger partial charge in [0.05, 0.1) is 5.60 Å². The van der Waals surface area contributed by atoms with Gasteiger partial charge in [0, 0.05) is 6.42 Å². The van der Waals surface area contributed by atoms with Crippen molar-refractivity contribution in [2.45, 2.75) is 51.6 Å². The number of amides is 1. The van der Waals surface area contributed by atoms with E-state index >= 15 is 0 Å². The van der Waals surface area contributed by atoms with Crippen LogP contribution in [0.25, 0.3) is 0 Å². The van der Waals surface area contributed by atoms with Gasteiger partial charge in [0.15, 0.2) is 0 Å². The third kappa shape index (κ3) is 4.34. The normalized spacial score (nSPS) is 15.6. The Morgan fingerprint density at radius 1 is 1.42 bits per heavy atom. The minimum Gasteiger partial charge on any atom is -0.390 e. The predicted molar refractivity (Wildman–Crippen MR) is 48.6 cm³/mol. The van der Waals surface area contributed by atoms with E-state index in [0.29, 0.717) is 12.8 Å². The third-order valence-corrected chi connectivity index (χ3v) is 2.21. The van der Waals surface area contributed by atoms with Gasteiger partial charge < -0.3 is 10.8 Å². The van der Waals surface area contributed by atoms with Gasteiger partial charge in [-0.2, -0.15) is 0 Å². The first-order valence-corrected chi connectivity index (χ1v) is 4.54. The van der Waals surface area contributed by atoms with E-state index in [9.17, 15) is 9.90 Å². The Hall–Kier alpha value is -0.570. The van der Waals surface area contributed by atoms with Crippen molar-refractivity contribution in [2.75, 3.05) is 0 Å². The lowest BCUT2D eigenvalue weighted by Crippen LogP contribution is -2.29. The molecule has 3 N–H and O–H groups in total. The molecule has 0 aromatic carbocycles. The Morgan fingerprint density at radius 3 is 2.33 bits per heavy atom. The molecule has 12 heavy (non-hydrogen) atoms. The van der Waals surface area contributed by atoms with Crippen LogP contribution in [-0.4, -0.2) is 16.6 Å². The van der Waals surface area contributed by atoms with Gasteiger partial charge in [-0.15, -0.1) is 0 Å². The molecule has 0 fully saturated rings. The average molecular weight is 173 g/mol. The molecule has 0 aromatic rings. The van der Waals surface area contributed by atoms with E-state index in [1.54, 1.807) is 0 Å². The standard InChI is InChI=1S/C9H19NO2/c1-3-6-9(12,4-2)7-5-8(10)11/h12H,3-7H2,1-2H3,(H2,10,11). The second-order valence-corrected chi connectivity index (χ2v) is 3.29. The molecule has 0 radical (unpaired) electrons. The van der Waals surface area contributed by atoms with Gasteiger partial charge in [0.25, 0.3) is 0 Å². The van der Waals surface area contributed by atoms with E-state index in [-0.39, 0.29) is 12.3 Å². The molecular formula is C9H19NO2. The Morgan fingerprint density at radius 2 is 2.00 bits per heavy atom. The van der Waals surface area contributed by atoms with Gasteiger partial charge in [0.1, 0.15) is 0 Å². The second-order valence-electron chi connectivity index (χ2n) is 3.29. The molecule has 1 amide bonds. The summed E-state index contributed by atoms with van der Waals surface area (Å²) in [6.07, 6.45) is 3.14. The minimum absolute atomic E-state index is 0.282. The Bertz CT molecular complexity index is 147. The van der Waals surface area contributed by atoms with Crippen molar-refractivity contribution in [2.24, 2.45) is 5.73 Å². The molecule has 0 spiro atoms. The number of carbonyl (C=O) groups is 1. The van der Waals surface area contributed by atoms with Gasteiger partial charge in [-0.3, -0.25) is 4.79 Å². The molecular weight excluding hydrogens is 154 g/mol. The molecule has 0 aliphatic carbocycles. The van der Waals surface area contributed by atoms with Gasteiger partial charge in [-0.25, -0.2) is 0 Å². The van der Waals surface area contributed by atoms with Crippen LogP contribution in [0.4, 0.5) is 0 Å². The van der Waals surface area contributed by atoms with E-state index < -0.39 is 5.60 Å². The molecule has 72 valence electrons. The highest BCUT2D eigenvalue weighted by molar-refractivity contribution is 5.73. The summed E-state index contributed by atoms with van der Waals surface area (Å²) in [6.45, 7) is 3.95. The molecule has 0 bridgehead atoms. The van der Waals surface area contributed by atoms with Crippen molar-refractivity contribution in [1.82, 2.24) is 0 Å².